The van der Waals surface area contributed by atoms with Crippen LogP contribution in [0.4, 0.5) is 0 Å². The minimum absolute atomic E-state index is 0.605. The molecule has 2 N–H and O–H groups in total. The fourth-order valence-electron chi connectivity index (χ4n) is 1.72. The largest absolute Gasteiger partial charge is 0.341 e. The number of nitrogens with one attached hydrogen (secondary N) is 2. The Balaban J connectivity index is 1.78. The molecule has 2 aromatic rings. The molecule has 0 aliphatic carbocycles. The molecule has 18 heavy (non-hydrogen) atoms. The van der Waals surface area contributed by atoms with Crippen molar-refractivity contribution in [1.29, 1.82) is 0 Å². The molecular formula is C12H19N5S. The van der Waals surface area contributed by atoms with Crippen LogP contribution >= 0.6 is 11.8 Å². The van der Waals surface area contributed by atoms with Crippen LogP contribution < -0.4 is 5.32 Å². The van der Waals surface area contributed by atoms with Crippen molar-refractivity contribution in [3.63, 3.8) is 0 Å². The Kier molecular flexibility index (Phi) is 4.95. The lowest BCUT2D eigenvalue weighted by atomic mass is 10.1. The molecule has 0 spiro atoms. The Morgan fingerprint density at radius 3 is 3.06 bits per heavy atom. The topological polar surface area (TPSA) is 66.5 Å². The Morgan fingerprint density at radius 2 is 2.22 bits per heavy atom. The first-order valence-corrected chi connectivity index (χ1v) is 7.24. The zero-order valence-electron chi connectivity index (χ0n) is 10.8. The van der Waals surface area contributed by atoms with Crippen molar-refractivity contribution in [3.05, 3.63) is 12.7 Å². The SMILES string of the molecule is CNC(C)CCCCSc1ncnc2nc[nH]c12. The molecular weight excluding hydrogens is 246 g/mol. The van der Waals surface area contributed by atoms with Crippen molar-refractivity contribution < 1.29 is 0 Å². The van der Waals surface area contributed by atoms with Crippen molar-refractivity contribution in [1.82, 2.24) is 25.3 Å². The van der Waals surface area contributed by atoms with Gasteiger partial charge in [0, 0.05) is 6.04 Å². The van der Waals surface area contributed by atoms with Gasteiger partial charge in [0.05, 0.1) is 6.33 Å². The highest BCUT2D eigenvalue weighted by atomic mass is 32.2. The molecule has 0 fully saturated rings. The number of aromatic amines is 1. The molecule has 0 amide bonds. The molecule has 0 aromatic carbocycles. The van der Waals surface area contributed by atoms with Crippen molar-refractivity contribution in [2.45, 2.75) is 37.3 Å². The van der Waals surface area contributed by atoms with Crippen LogP contribution in [-0.2, 0) is 0 Å². The van der Waals surface area contributed by atoms with E-state index < -0.39 is 0 Å². The van der Waals surface area contributed by atoms with Crippen LogP contribution in [0.15, 0.2) is 17.7 Å². The number of unbranched alkanes of at least 4 members (excludes halogenated alkanes) is 1. The molecule has 98 valence electrons. The second-order valence-corrected chi connectivity index (χ2v) is 5.40. The predicted molar refractivity (Wildman–Crippen MR) is 74.8 cm³/mol. The van der Waals surface area contributed by atoms with Gasteiger partial charge < -0.3 is 10.3 Å². The Hall–Kier alpha value is -1.14. The molecule has 1 atom stereocenters. The zero-order valence-corrected chi connectivity index (χ0v) is 11.6. The average molecular weight is 265 g/mol. The van der Waals surface area contributed by atoms with E-state index in [1.165, 1.54) is 19.3 Å². The lowest BCUT2D eigenvalue weighted by Crippen LogP contribution is -2.20. The molecule has 0 aliphatic rings. The van der Waals surface area contributed by atoms with Gasteiger partial charge in [0.15, 0.2) is 5.65 Å². The van der Waals surface area contributed by atoms with Crippen LogP contribution in [-0.4, -0.2) is 38.8 Å². The van der Waals surface area contributed by atoms with Gasteiger partial charge in [-0.1, -0.05) is 6.42 Å². The molecule has 0 radical (unpaired) electrons. The highest BCUT2D eigenvalue weighted by Gasteiger charge is 2.06. The van der Waals surface area contributed by atoms with Gasteiger partial charge in [-0.15, -0.1) is 11.8 Å². The molecule has 0 saturated carbocycles. The number of H-pyrrole nitrogens is 1. The third kappa shape index (κ3) is 3.43. The Bertz CT molecular complexity index is 484. The predicted octanol–water partition coefficient (Wildman–Crippen LogP) is 2.22. The van der Waals surface area contributed by atoms with Crippen molar-refractivity contribution in [3.8, 4) is 0 Å². The molecule has 0 bridgehead atoms. The lowest BCUT2D eigenvalue weighted by molar-refractivity contribution is 0.539. The Labute approximate surface area is 111 Å². The minimum Gasteiger partial charge on any atom is -0.341 e. The number of thioether (sulfide) groups is 1. The highest BCUT2D eigenvalue weighted by Crippen LogP contribution is 2.22. The molecule has 0 aliphatic heterocycles. The van der Waals surface area contributed by atoms with Crippen LogP contribution in [0.5, 0.6) is 0 Å². The monoisotopic (exact) mass is 265 g/mol. The number of hydrogen-bond acceptors (Lipinski definition) is 5. The van der Waals surface area contributed by atoms with Gasteiger partial charge in [0.25, 0.3) is 0 Å². The van der Waals surface area contributed by atoms with Gasteiger partial charge in [-0.2, -0.15) is 0 Å². The van der Waals surface area contributed by atoms with Gasteiger partial charge in [-0.25, -0.2) is 15.0 Å². The lowest BCUT2D eigenvalue weighted by Gasteiger charge is -2.08. The van der Waals surface area contributed by atoms with E-state index in [4.69, 9.17) is 0 Å². The van der Waals surface area contributed by atoms with Crippen molar-refractivity contribution >= 4 is 22.9 Å². The molecule has 2 heterocycles. The van der Waals surface area contributed by atoms with E-state index in [2.05, 4.69) is 32.2 Å². The maximum absolute atomic E-state index is 4.30. The minimum atomic E-state index is 0.605. The van der Waals surface area contributed by atoms with E-state index >= 15 is 0 Å². The van der Waals surface area contributed by atoms with E-state index in [1.54, 1.807) is 24.4 Å². The summed E-state index contributed by atoms with van der Waals surface area (Å²) in [5, 5.41) is 4.25. The van der Waals surface area contributed by atoms with Gasteiger partial charge in [0.2, 0.25) is 0 Å². The second-order valence-electron chi connectivity index (χ2n) is 4.31. The van der Waals surface area contributed by atoms with Crippen LogP contribution in [0.25, 0.3) is 11.2 Å². The third-order valence-electron chi connectivity index (χ3n) is 2.95. The summed E-state index contributed by atoms with van der Waals surface area (Å²) >= 11 is 1.77. The number of hydrogen-bond donors (Lipinski definition) is 2. The van der Waals surface area contributed by atoms with E-state index in [-0.39, 0.29) is 0 Å². The van der Waals surface area contributed by atoms with Gasteiger partial charge in [0.1, 0.15) is 16.9 Å². The fourth-order valence-corrected chi connectivity index (χ4v) is 2.68. The summed E-state index contributed by atoms with van der Waals surface area (Å²) in [5.74, 6) is 1.08. The number of imidazole rings is 1. The van der Waals surface area contributed by atoms with Crippen LogP contribution in [0, 0.1) is 0 Å². The number of fused-ring (bicyclic) bond motifs is 1. The Morgan fingerprint density at radius 1 is 1.33 bits per heavy atom. The molecule has 2 aromatic heterocycles. The molecule has 5 nitrogen and oxygen atoms in total. The van der Waals surface area contributed by atoms with E-state index in [0.29, 0.717) is 6.04 Å². The van der Waals surface area contributed by atoms with Crippen LogP contribution in [0.1, 0.15) is 26.2 Å². The fraction of sp³-hybridized carbons (Fsp3) is 0.583. The van der Waals surface area contributed by atoms with Gasteiger partial charge in [-0.3, -0.25) is 0 Å². The molecule has 2 rings (SSSR count). The first kappa shape index (κ1) is 13.3. The van der Waals surface area contributed by atoms with E-state index in [9.17, 15) is 0 Å². The van der Waals surface area contributed by atoms with Crippen molar-refractivity contribution in [2.75, 3.05) is 12.8 Å². The first-order chi connectivity index (χ1) is 8.81. The van der Waals surface area contributed by atoms with Crippen LogP contribution in [0.3, 0.4) is 0 Å². The van der Waals surface area contributed by atoms with Crippen molar-refractivity contribution in [2.24, 2.45) is 0 Å². The summed E-state index contributed by atoms with van der Waals surface area (Å²) in [6.07, 6.45) is 6.91. The van der Waals surface area contributed by atoms with E-state index in [0.717, 1.165) is 21.9 Å². The smallest absolute Gasteiger partial charge is 0.181 e. The number of aromatic nitrogens is 4. The number of rotatable bonds is 7. The quantitative estimate of drug-likeness (QED) is 0.456. The summed E-state index contributed by atoms with van der Waals surface area (Å²) in [5.41, 5.74) is 1.70. The molecule has 6 heteroatoms. The first-order valence-electron chi connectivity index (χ1n) is 6.25. The second kappa shape index (κ2) is 6.70. The maximum Gasteiger partial charge on any atom is 0.181 e. The van der Waals surface area contributed by atoms with Gasteiger partial charge in [-0.05, 0) is 32.6 Å². The van der Waals surface area contributed by atoms with E-state index in [1.807, 2.05) is 7.05 Å². The summed E-state index contributed by atoms with van der Waals surface area (Å²) in [6.45, 7) is 2.21. The summed E-state index contributed by atoms with van der Waals surface area (Å²) in [7, 11) is 2.01. The number of nitrogens with zero attached hydrogens (tertiary/aromatic N) is 3. The highest BCUT2D eigenvalue weighted by molar-refractivity contribution is 7.99. The average Bonchev–Trinajstić information content (AvgIpc) is 2.87. The standard InChI is InChI=1S/C12H19N5S/c1-9(13-2)5-3-4-6-18-12-10-11(15-7-14-10)16-8-17-12/h7-9,13H,3-6H2,1-2H3,(H,14,15,16,17). The maximum atomic E-state index is 4.30. The normalized spacial score (nSPS) is 13.0. The summed E-state index contributed by atoms with van der Waals surface area (Å²) in [6, 6.07) is 0.605. The zero-order chi connectivity index (χ0) is 12.8. The third-order valence-corrected chi connectivity index (χ3v) is 4.03. The van der Waals surface area contributed by atoms with Crippen LogP contribution in [0.2, 0.25) is 0 Å². The summed E-state index contributed by atoms with van der Waals surface area (Å²) in [4.78, 5) is 15.6. The molecule has 1 unspecified atom stereocenters. The molecule has 0 saturated heterocycles. The van der Waals surface area contributed by atoms with Gasteiger partial charge >= 0.3 is 0 Å². The summed E-state index contributed by atoms with van der Waals surface area (Å²) < 4.78 is 0.